The zero-order chi connectivity index (χ0) is 19.8. The van der Waals surface area contributed by atoms with E-state index in [1.165, 1.54) is 0 Å². The molecule has 0 radical (unpaired) electrons. The Hall–Kier alpha value is -2.64. The Balaban J connectivity index is 1.70. The Kier molecular flexibility index (Phi) is 6.84. The maximum Gasteiger partial charge on any atom is 0.228 e. The zero-order valence-electron chi connectivity index (χ0n) is 16.4. The standard InChI is InChI=1S/C21H27N3O4/c1-26-15-21(8-11-22-12-9-21)20(25)24-14-16-5-4-10-23-19(16)28-18-7-3-6-17(13-18)27-2/h3-7,10,13,22H,8-9,11-12,14-15H2,1-2H3,(H,24,25). The molecule has 2 heterocycles. The van der Waals surface area contributed by atoms with Crippen LogP contribution >= 0.6 is 0 Å². The van der Waals surface area contributed by atoms with Gasteiger partial charge in [0.1, 0.15) is 11.5 Å². The van der Waals surface area contributed by atoms with Gasteiger partial charge in [-0.05, 0) is 44.1 Å². The van der Waals surface area contributed by atoms with Gasteiger partial charge in [0, 0.05) is 31.5 Å². The quantitative estimate of drug-likeness (QED) is 0.727. The minimum atomic E-state index is -0.490. The molecule has 3 rings (SSSR count). The highest BCUT2D eigenvalue weighted by atomic mass is 16.5. The van der Waals surface area contributed by atoms with E-state index < -0.39 is 5.41 Å². The largest absolute Gasteiger partial charge is 0.497 e. The van der Waals surface area contributed by atoms with E-state index in [9.17, 15) is 4.79 Å². The van der Waals surface area contributed by atoms with Crippen LogP contribution in [0.2, 0.25) is 0 Å². The molecule has 0 atom stereocenters. The molecule has 0 spiro atoms. The van der Waals surface area contributed by atoms with Crippen molar-refractivity contribution in [2.45, 2.75) is 19.4 Å². The summed E-state index contributed by atoms with van der Waals surface area (Å²) in [5, 5.41) is 6.35. The maximum absolute atomic E-state index is 12.9. The van der Waals surface area contributed by atoms with Gasteiger partial charge < -0.3 is 24.8 Å². The average molecular weight is 385 g/mol. The van der Waals surface area contributed by atoms with E-state index in [1.807, 2.05) is 30.3 Å². The third-order valence-corrected chi connectivity index (χ3v) is 5.01. The molecule has 0 bridgehead atoms. The number of benzene rings is 1. The number of carbonyl (C=O) groups excluding carboxylic acids is 1. The molecule has 7 heteroatoms. The van der Waals surface area contributed by atoms with Crippen molar-refractivity contribution < 1.29 is 19.0 Å². The Morgan fingerprint density at radius 3 is 2.71 bits per heavy atom. The Labute approximate surface area is 165 Å². The van der Waals surface area contributed by atoms with Gasteiger partial charge >= 0.3 is 0 Å². The molecule has 2 N–H and O–H groups in total. The first-order valence-corrected chi connectivity index (χ1v) is 9.41. The lowest BCUT2D eigenvalue weighted by Gasteiger charge is -2.35. The van der Waals surface area contributed by atoms with Crippen LogP contribution in [-0.2, 0) is 16.1 Å². The molecular formula is C21H27N3O4. The number of nitrogens with one attached hydrogen (secondary N) is 2. The van der Waals surface area contributed by atoms with Crippen molar-refractivity contribution in [1.82, 2.24) is 15.6 Å². The van der Waals surface area contributed by atoms with Crippen LogP contribution in [0.5, 0.6) is 17.4 Å². The second-order valence-corrected chi connectivity index (χ2v) is 6.89. The molecule has 0 unspecified atom stereocenters. The monoisotopic (exact) mass is 385 g/mol. The maximum atomic E-state index is 12.9. The molecule has 2 aromatic rings. The number of aromatic nitrogens is 1. The van der Waals surface area contributed by atoms with E-state index >= 15 is 0 Å². The van der Waals surface area contributed by atoms with E-state index in [1.54, 1.807) is 26.5 Å². The molecular weight excluding hydrogens is 358 g/mol. The number of pyridine rings is 1. The summed E-state index contributed by atoms with van der Waals surface area (Å²) >= 11 is 0. The summed E-state index contributed by atoms with van der Waals surface area (Å²) in [6.45, 7) is 2.38. The summed E-state index contributed by atoms with van der Waals surface area (Å²) in [6.07, 6.45) is 3.18. The molecule has 1 aromatic carbocycles. The first kappa shape index (κ1) is 20.1. The fourth-order valence-electron chi connectivity index (χ4n) is 3.41. The molecule has 7 nitrogen and oxygen atoms in total. The Morgan fingerprint density at radius 1 is 1.18 bits per heavy atom. The van der Waals surface area contributed by atoms with Gasteiger partial charge in [-0.15, -0.1) is 0 Å². The van der Waals surface area contributed by atoms with Crippen LogP contribution in [0, 0.1) is 5.41 Å². The molecule has 0 saturated carbocycles. The van der Waals surface area contributed by atoms with Gasteiger partial charge in [-0.3, -0.25) is 4.79 Å². The Bertz CT molecular complexity index is 785. The molecule has 1 amide bonds. The first-order chi connectivity index (χ1) is 13.7. The highest BCUT2D eigenvalue weighted by Crippen LogP contribution is 2.30. The molecule has 1 aliphatic rings. The van der Waals surface area contributed by atoms with Gasteiger partial charge in [0.2, 0.25) is 11.8 Å². The normalized spacial score (nSPS) is 15.6. The highest BCUT2D eigenvalue weighted by Gasteiger charge is 2.39. The van der Waals surface area contributed by atoms with Crippen LogP contribution in [0.1, 0.15) is 18.4 Å². The number of hydrogen-bond acceptors (Lipinski definition) is 6. The zero-order valence-corrected chi connectivity index (χ0v) is 16.4. The molecule has 1 fully saturated rings. The van der Waals surface area contributed by atoms with Crippen molar-refractivity contribution in [3.63, 3.8) is 0 Å². The Morgan fingerprint density at radius 2 is 1.96 bits per heavy atom. The number of hydrogen-bond donors (Lipinski definition) is 2. The number of rotatable bonds is 8. The lowest BCUT2D eigenvalue weighted by Crippen LogP contribution is -2.50. The van der Waals surface area contributed by atoms with Gasteiger partial charge in [-0.2, -0.15) is 0 Å². The topological polar surface area (TPSA) is 81.7 Å². The fourth-order valence-corrected chi connectivity index (χ4v) is 3.41. The van der Waals surface area contributed by atoms with E-state index in [2.05, 4.69) is 15.6 Å². The highest BCUT2D eigenvalue weighted by molar-refractivity contribution is 5.83. The summed E-state index contributed by atoms with van der Waals surface area (Å²) < 4.78 is 16.5. The number of methoxy groups -OCH3 is 2. The minimum Gasteiger partial charge on any atom is -0.497 e. The van der Waals surface area contributed by atoms with Crippen LogP contribution in [-0.4, -0.2) is 44.8 Å². The predicted molar refractivity (Wildman–Crippen MR) is 106 cm³/mol. The number of ether oxygens (including phenoxy) is 3. The van der Waals surface area contributed by atoms with Gasteiger partial charge in [0.05, 0.1) is 19.1 Å². The molecule has 28 heavy (non-hydrogen) atoms. The third-order valence-electron chi connectivity index (χ3n) is 5.01. The molecule has 1 aliphatic heterocycles. The number of piperidine rings is 1. The van der Waals surface area contributed by atoms with E-state index in [4.69, 9.17) is 14.2 Å². The van der Waals surface area contributed by atoms with Crippen LogP contribution in [0.15, 0.2) is 42.6 Å². The lowest BCUT2D eigenvalue weighted by molar-refractivity contribution is -0.136. The number of carbonyl (C=O) groups is 1. The number of nitrogens with zero attached hydrogens (tertiary/aromatic N) is 1. The molecule has 0 aliphatic carbocycles. The smallest absolute Gasteiger partial charge is 0.228 e. The number of amides is 1. The summed E-state index contributed by atoms with van der Waals surface area (Å²) in [5.74, 6) is 1.80. The van der Waals surface area contributed by atoms with Gasteiger partial charge in [0.15, 0.2) is 0 Å². The molecule has 1 saturated heterocycles. The van der Waals surface area contributed by atoms with Crippen molar-refractivity contribution in [1.29, 1.82) is 0 Å². The third kappa shape index (κ3) is 4.79. The van der Waals surface area contributed by atoms with Crippen LogP contribution in [0.3, 0.4) is 0 Å². The van der Waals surface area contributed by atoms with Crippen molar-refractivity contribution in [2.24, 2.45) is 5.41 Å². The first-order valence-electron chi connectivity index (χ1n) is 9.41. The fraction of sp³-hybridized carbons (Fsp3) is 0.429. The van der Waals surface area contributed by atoms with E-state index in [0.29, 0.717) is 30.5 Å². The molecule has 150 valence electrons. The summed E-state index contributed by atoms with van der Waals surface area (Å²) in [6, 6.07) is 11.1. The second-order valence-electron chi connectivity index (χ2n) is 6.89. The van der Waals surface area contributed by atoms with Crippen molar-refractivity contribution in [3.8, 4) is 17.4 Å². The van der Waals surface area contributed by atoms with Crippen molar-refractivity contribution in [3.05, 3.63) is 48.2 Å². The van der Waals surface area contributed by atoms with Gasteiger partial charge in [-0.25, -0.2) is 4.98 Å². The summed E-state index contributed by atoms with van der Waals surface area (Å²) in [7, 11) is 3.25. The van der Waals surface area contributed by atoms with Crippen LogP contribution in [0.25, 0.3) is 0 Å². The van der Waals surface area contributed by atoms with Crippen LogP contribution < -0.4 is 20.1 Å². The summed E-state index contributed by atoms with van der Waals surface area (Å²) in [4.78, 5) is 17.3. The van der Waals surface area contributed by atoms with Gasteiger partial charge in [0.25, 0.3) is 0 Å². The summed E-state index contributed by atoms with van der Waals surface area (Å²) in [5.41, 5.74) is 0.316. The van der Waals surface area contributed by atoms with Gasteiger partial charge in [-0.1, -0.05) is 12.1 Å². The minimum absolute atomic E-state index is 0.00651. The van der Waals surface area contributed by atoms with Crippen molar-refractivity contribution in [2.75, 3.05) is 33.9 Å². The predicted octanol–water partition coefficient (Wildman–Crippen LogP) is 2.51. The SMILES string of the molecule is COCC1(C(=O)NCc2cccnc2Oc2cccc(OC)c2)CCNCC1. The lowest BCUT2D eigenvalue weighted by atomic mass is 9.78. The van der Waals surface area contributed by atoms with E-state index in [-0.39, 0.29) is 5.91 Å². The van der Waals surface area contributed by atoms with E-state index in [0.717, 1.165) is 31.5 Å². The molecule has 1 aromatic heterocycles. The second kappa shape index (κ2) is 9.52. The van der Waals surface area contributed by atoms with Crippen molar-refractivity contribution >= 4 is 5.91 Å². The van der Waals surface area contributed by atoms with Crippen LogP contribution in [0.4, 0.5) is 0 Å². The average Bonchev–Trinajstić information content (AvgIpc) is 2.74.